The van der Waals surface area contributed by atoms with Gasteiger partial charge in [0.2, 0.25) is 0 Å². The highest BCUT2D eigenvalue weighted by Gasteiger charge is 2.13. The number of carboxylic acids is 1. The number of nitrogens with zero attached hydrogens (tertiary/aromatic N) is 2. The number of hydrogen-bond donors (Lipinski definition) is 1. The van der Waals surface area contributed by atoms with Gasteiger partial charge in [-0.2, -0.15) is 5.10 Å². The number of rotatable bonds is 5. The van der Waals surface area contributed by atoms with Gasteiger partial charge >= 0.3 is 5.97 Å². The first-order chi connectivity index (χ1) is 8.68. The van der Waals surface area contributed by atoms with Crippen molar-refractivity contribution in [1.29, 1.82) is 0 Å². The summed E-state index contributed by atoms with van der Waals surface area (Å²) in [4.78, 5) is 11.0. The fraction of sp³-hybridized carbons (Fsp3) is 0.167. The summed E-state index contributed by atoms with van der Waals surface area (Å²) in [5.74, 6) is -0.664. The van der Waals surface area contributed by atoms with Crippen molar-refractivity contribution >= 4 is 21.9 Å². The number of carboxylic acid groups (broad SMARTS) is 1. The summed E-state index contributed by atoms with van der Waals surface area (Å²) >= 11 is 3.28. The van der Waals surface area contributed by atoms with Gasteiger partial charge in [0.15, 0.2) is 0 Å². The van der Waals surface area contributed by atoms with Crippen molar-refractivity contribution in [2.24, 2.45) is 0 Å². The second kappa shape index (κ2) is 5.68. The van der Waals surface area contributed by atoms with Gasteiger partial charge in [-0.05, 0) is 34.1 Å². The number of benzene rings is 1. The highest BCUT2D eigenvalue weighted by atomic mass is 79.9. The zero-order valence-electron chi connectivity index (χ0n) is 9.41. The fourth-order valence-electron chi connectivity index (χ4n) is 1.50. The molecule has 1 aromatic carbocycles. The third-order valence-corrected chi connectivity index (χ3v) is 2.95. The largest absolute Gasteiger partial charge is 0.490 e. The Morgan fingerprint density at radius 1 is 1.44 bits per heavy atom. The third kappa shape index (κ3) is 2.89. The molecule has 94 valence electrons. The number of para-hydroxylation sites is 1. The fourth-order valence-corrected chi connectivity index (χ4v) is 1.98. The summed E-state index contributed by atoms with van der Waals surface area (Å²) in [6, 6.07) is 6.74. The van der Waals surface area contributed by atoms with E-state index in [1.807, 2.05) is 12.3 Å². The third-order valence-electron chi connectivity index (χ3n) is 2.32. The molecular weight excluding hydrogens is 300 g/mol. The average Bonchev–Trinajstić information content (AvgIpc) is 2.84. The molecule has 2 rings (SSSR count). The van der Waals surface area contributed by atoms with Crippen LogP contribution in [0.4, 0.5) is 0 Å². The van der Waals surface area contributed by atoms with Crippen LogP contribution in [-0.4, -0.2) is 27.5 Å². The summed E-state index contributed by atoms with van der Waals surface area (Å²) in [6.45, 7) is 0.915. The van der Waals surface area contributed by atoms with Gasteiger partial charge in [-0.1, -0.05) is 6.07 Å². The molecule has 0 spiro atoms. The van der Waals surface area contributed by atoms with Gasteiger partial charge in [0.25, 0.3) is 0 Å². The zero-order chi connectivity index (χ0) is 13.0. The van der Waals surface area contributed by atoms with Crippen LogP contribution in [-0.2, 0) is 6.54 Å². The normalized spacial score (nSPS) is 10.3. The molecule has 1 N–H and O–H groups in total. The van der Waals surface area contributed by atoms with Crippen LogP contribution in [0.15, 0.2) is 41.1 Å². The number of ether oxygens (including phenoxy) is 1. The van der Waals surface area contributed by atoms with E-state index in [4.69, 9.17) is 9.84 Å². The maximum Gasteiger partial charge on any atom is 0.339 e. The summed E-state index contributed by atoms with van der Waals surface area (Å²) in [6.07, 6.45) is 3.50. The monoisotopic (exact) mass is 310 g/mol. The zero-order valence-corrected chi connectivity index (χ0v) is 11.0. The van der Waals surface area contributed by atoms with Crippen molar-refractivity contribution in [1.82, 2.24) is 9.78 Å². The van der Waals surface area contributed by atoms with Crippen molar-refractivity contribution in [3.63, 3.8) is 0 Å². The van der Waals surface area contributed by atoms with E-state index >= 15 is 0 Å². The van der Waals surface area contributed by atoms with Crippen molar-refractivity contribution in [2.75, 3.05) is 6.61 Å². The van der Waals surface area contributed by atoms with E-state index in [9.17, 15) is 4.79 Å². The molecule has 6 heteroatoms. The van der Waals surface area contributed by atoms with Gasteiger partial charge in [0, 0.05) is 12.4 Å². The molecular formula is C12H11BrN2O3. The number of aromatic carboxylic acids is 1. The Labute approximate surface area is 112 Å². The molecule has 0 atom stereocenters. The minimum atomic E-state index is -1.01. The molecule has 0 aliphatic heterocycles. The van der Waals surface area contributed by atoms with Gasteiger partial charge in [-0.25, -0.2) is 4.79 Å². The minimum Gasteiger partial charge on any atom is -0.490 e. The predicted octanol–water partition coefficient (Wildman–Crippen LogP) is 2.42. The minimum absolute atomic E-state index is 0.143. The summed E-state index contributed by atoms with van der Waals surface area (Å²) in [7, 11) is 0. The molecule has 0 amide bonds. The van der Waals surface area contributed by atoms with Crippen LogP contribution >= 0.6 is 15.9 Å². The van der Waals surface area contributed by atoms with E-state index in [0.717, 1.165) is 0 Å². The van der Waals surface area contributed by atoms with Crippen LogP contribution in [0.5, 0.6) is 5.75 Å². The standard InChI is InChI=1S/C12H11BrN2O3/c13-10-4-1-3-9(12(16)17)11(10)18-8-7-15-6-2-5-14-15/h1-6H,7-8H2,(H,16,17). The molecule has 18 heavy (non-hydrogen) atoms. The Morgan fingerprint density at radius 2 is 2.28 bits per heavy atom. The smallest absolute Gasteiger partial charge is 0.339 e. The lowest BCUT2D eigenvalue weighted by Gasteiger charge is -2.10. The lowest BCUT2D eigenvalue weighted by atomic mass is 10.2. The molecule has 0 radical (unpaired) electrons. The van der Waals surface area contributed by atoms with Crippen LogP contribution in [0.3, 0.4) is 0 Å². The number of aromatic nitrogens is 2. The summed E-state index contributed by atoms with van der Waals surface area (Å²) < 4.78 is 7.86. The van der Waals surface area contributed by atoms with E-state index in [0.29, 0.717) is 23.4 Å². The first-order valence-electron chi connectivity index (χ1n) is 5.30. The van der Waals surface area contributed by atoms with Crippen LogP contribution in [0.2, 0.25) is 0 Å². The van der Waals surface area contributed by atoms with Crippen LogP contribution in [0.25, 0.3) is 0 Å². The molecule has 0 bridgehead atoms. The molecule has 1 heterocycles. The lowest BCUT2D eigenvalue weighted by Crippen LogP contribution is -2.11. The van der Waals surface area contributed by atoms with Crippen LogP contribution in [0, 0.1) is 0 Å². The van der Waals surface area contributed by atoms with Gasteiger partial charge in [-0.3, -0.25) is 4.68 Å². The molecule has 2 aromatic rings. The quantitative estimate of drug-likeness (QED) is 0.921. The molecule has 0 saturated carbocycles. The van der Waals surface area contributed by atoms with E-state index in [1.165, 1.54) is 6.07 Å². The number of halogens is 1. The summed E-state index contributed by atoms with van der Waals surface area (Å²) in [5, 5.41) is 13.1. The average molecular weight is 311 g/mol. The molecule has 0 fully saturated rings. The highest BCUT2D eigenvalue weighted by Crippen LogP contribution is 2.29. The van der Waals surface area contributed by atoms with Gasteiger partial charge < -0.3 is 9.84 Å². The first-order valence-corrected chi connectivity index (χ1v) is 6.10. The van der Waals surface area contributed by atoms with Crippen molar-refractivity contribution in [2.45, 2.75) is 6.54 Å². The van der Waals surface area contributed by atoms with Crippen LogP contribution in [0.1, 0.15) is 10.4 Å². The maximum atomic E-state index is 11.0. The molecule has 0 aliphatic carbocycles. The molecule has 5 nitrogen and oxygen atoms in total. The Hall–Kier alpha value is -1.82. The number of hydrogen-bond acceptors (Lipinski definition) is 3. The summed E-state index contributed by atoms with van der Waals surface area (Å²) in [5.41, 5.74) is 0.143. The van der Waals surface area contributed by atoms with Gasteiger partial charge in [-0.15, -0.1) is 0 Å². The molecule has 0 unspecified atom stereocenters. The van der Waals surface area contributed by atoms with Crippen molar-refractivity contribution in [3.8, 4) is 5.75 Å². The second-order valence-corrected chi connectivity index (χ2v) is 4.39. The van der Waals surface area contributed by atoms with E-state index in [1.54, 1.807) is 23.0 Å². The first kappa shape index (κ1) is 12.6. The SMILES string of the molecule is O=C(O)c1cccc(Br)c1OCCn1cccn1. The Bertz CT molecular complexity index is 540. The Morgan fingerprint density at radius 3 is 2.94 bits per heavy atom. The van der Waals surface area contributed by atoms with E-state index in [2.05, 4.69) is 21.0 Å². The topological polar surface area (TPSA) is 64.3 Å². The predicted molar refractivity (Wildman–Crippen MR) is 68.8 cm³/mol. The van der Waals surface area contributed by atoms with E-state index < -0.39 is 5.97 Å². The van der Waals surface area contributed by atoms with Crippen molar-refractivity contribution < 1.29 is 14.6 Å². The lowest BCUT2D eigenvalue weighted by molar-refractivity contribution is 0.0692. The highest BCUT2D eigenvalue weighted by molar-refractivity contribution is 9.10. The molecule has 0 aliphatic rings. The second-order valence-electron chi connectivity index (χ2n) is 3.54. The Balaban J connectivity index is 2.06. The molecule has 0 saturated heterocycles. The number of carbonyl (C=O) groups is 1. The van der Waals surface area contributed by atoms with Crippen molar-refractivity contribution in [3.05, 3.63) is 46.7 Å². The van der Waals surface area contributed by atoms with Crippen LogP contribution < -0.4 is 4.74 Å². The molecule has 1 aromatic heterocycles. The van der Waals surface area contributed by atoms with E-state index in [-0.39, 0.29) is 5.56 Å². The Kier molecular flexibility index (Phi) is 3.99. The maximum absolute atomic E-state index is 11.0. The van der Waals surface area contributed by atoms with Gasteiger partial charge in [0.05, 0.1) is 11.0 Å². The van der Waals surface area contributed by atoms with Gasteiger partial charge in [0.1, 0.15) is 17.9 Å².